The average molecular weight is 272 g/mol. The predicted molar refractivity (Wildman–Crippen MR) is 75.9 cm³/mol. The SMILES string of the molecule is CCN(CCc1ccncc1)C(=O)c1ccc(F)cc1. The maximum atomic E-state index is 12.9. The van der Waals surface area contributed by atoms with Gasteiger partial charge in [0, 0.05) is 31.0 Å². The van der Waals surface area contributed by atoms with E-state index in [2.05, 4.69) is 4.98 Å². The molecule has 0 saturated carbocycles. The molecule has 20 heavy (non-hydrogen) atoms. The molecule has 0 aliphatic heterocycles. The summed E-state index contributed by atoms with van der Waals surface area (Å²) in [6, 6.07) is 9.54. The summed E-state index contributed by atoms with van der Waals surface area (Å²) in [7, 11) is 0. The summed E-state index contributed by atoms with van der Waals surface area (Å²) in [6.07, 6.45) is 4.27. The molecule has 0 radical (unpaired) electrons. The van der Waals surface area contributed by atoms with Gasteiger partial charge in [-0.15, -0.1) is 0 Å². The molecule has 4 heteroatoms. The van der Waals surface area contributed by atoms with Crippen LogP contribution < -0.4 is 0 Å². The van der Waals surface area contributed by atoms with Crippen molar-refractivity contribution in [3.05, 3.63) is 65.7 Å². The number of carbonyl (C=O) groups is 1. The van der Waals surface area contributed by atoms with E-state index in [4.69, 9.17) is 0 Å². The van der Waals surface area contributed by atoms with Crippen molar-refractivity contribution in [1.82, 2.24) is 9.88 Å². The second kappa shape index (κ2) is 6.80. The van der Waals surface area contributed by atoms with Crippen LogP contribution in [0.1, 0.15) is 22.8 Å². The van der Waals surface area contributed by atoms with Crippen LogP contribution in [0.25, 0.3) is 0 Å². The molecule has 0 fully saturated rings. The molecule has 1 aromatic heterocycles. The van der Waals surface area contributed by atoms with E-state index in [-0.39, 0.29) is 11.7 Å². The molecule has 1 aromatic carbocycles. The van der Waals surface area contributed by atoms with Crippen molar-refractivity contribution < 1.29 is 9.18 Å². The van der Waals surface area contributed by atoms with Gasteiger partial charge in [-0.05, 0) is 55.3 Å². The summed E-state index contributed by atoms with van der Waals surface area (Å²) in [6.45, 7) is 3.20. The normalized spacial score (nSPS) is 10.3. The van der Waals surface area contributed by atoms with E-state index in [9.17, 15) is 9.18 Å². The lowest BCUT2D eigenvalue weighted by molar-refractivity contribution is 0.0766. The Morgan fingerprint density at radius 3 is 2.40 bits per heavy atom. The second-order valence-corrected chi connectivity index (χ2v) is 4.50. The zero-order valence-electron chi connectivity index (χ0n) is 11.4. The summed E-state index contributed by atoms with van der Waals surface area (Å²) in [5, 5.41) is 0. The van der Waals surface area contributed by atoms with Crippen LogP contribution in [0.5, 0.6) is 0 Å². The van der Waals surface area contributed by atoms with Crippen LogP contribution in [-0.2, 0) is 6.42 Å². The lowest BCUT2D eigenvalue weighted by Gasteiger charge is -2.21. The minimum atomic E-state index is -0.332. The van der Waals surface area contributed by atoms with Crippen molar-refractivity contribution in [3.8, 4) is 0 Å². The number of carbonyl (C=O) groups excluding carboxylic acids is 1. The van der Waals surface area contributed by atoms with E-state index < -0.39 is 0 Å². The van der Waals surface area contributed by atoms with Gasteiger partial charge in [0.1, 0.15) is 5.82 Å². The third kappa shape index (κ3) is 3.63. The number of rotatable bonds is 5. The van der Waals surface area contributed by atoms with Crippen molar-refractivity contribution in [2.45, 2.75) is 13.3 Å². The highest BCUT2D eigenvalue weighted by Gasteiger charge is 2.13. The fourth-order valence-electron chi connectivity index (χ4n) is 1.99. The Balaban J connectivity index is 2.00. The first-order valence-corrected chi connectivity index (χ1v) is 6.64. The number of likely N-dealkylation sites (N-methyl/N-ethyl adjacent to an activating group) is 1. The topological polar surface area (TPSA) is 33.2 Å². The summed E-state index contributed by atoms with van der Waals surface area (Å²) in [4.78, 5) is 18.0. The molecule has 2 aromatic rings. The van der Waals surface area contributed by atoms with Crippen LogP contribution in [0.4, 0.5) is 4.39 Å². The molecule has 0 aliphatic carbocycles. The van der Waals surface area contributed by atoms with Gasteiger partial charge in [0.05, 0.1) is 0 Å². The van der Waals surface area contributed by atoms with Crippen LogP contribution >= 0.6 is 0 Å². The van der Waals surface area contributed by atoms with Crippen LogP contribution in [0.2, 0.25) is 0 Å². The minimum absolute atomic E-state index is 0.0680. The van der Waals surface area contributed by atoms with E-state index in [1.54, 1.807) is 17.3 Å². The molecule has 0 aliphatic rings. The van der Waals surface area contributed by atoms with Gasteiger partial charge >= 0.3 is 0 Å². The van der Waals surface area contributed by atoms with Gasteiger partial charge in [-0.25, -0.2) is 4.39 Å². The molecular formula is C16H17FN2O. The predicted octanol–water partition coefficient (Wildman–Crippen LogP) is 2.93. The number of halogens is 1. The summed E-state index contributed by atoms with van der Waals surface area (Å²) < 4.78 is 12.9. The molecule has 0 saturated heterocycles. The van der Waals surface area contributed by atoms with E-state index in [0.717, 1.165) is 12.0 Å². The fraction of sp³-hybridized carbons (Fsp3) is 0.250. The average Bonchev–Trinajstić information content (AvgIpc) is 2.49. The maximum Gasteiger partial charge on any atom is 0.253 e. The van der Waals surface area contributed by atoms with Gasteiger partial charge in [0.15, 0.2) is 0 Å². The number of amides is 1. The molecular weight excluding hydrogens is 255 g/mol. The third-order valence-electron chi connectivity index (χ3n) is 3.18. The quantitative estimate of drug-likeness (QED) is 0.838. The number of hydrogen-bond acceptors (Lipinski definition) is 2. The molecule has 0 unspecified atom stereocenters. The Labute approximate surface area is 118 Å². The number of hydrogen-bond donors (Lipinski definition) is 0. The van der Waals surface area contributed by atoms with Crippen molar-refractivity contribution in [2.75, 3.05) is 13.1 Å². The molecule has 0 N–H and O–H groups in total. The van der Waals surface area contributed by atoms with Crippen LogP contribution in [0.15, 0.2) is 48.8 Å². The Bertz CT molecular complexity index is 554. The van der Waals surface area contributed by atoms with Gasteiger partial charge in [0.25, 0.3) is 5.91 Å². The van der Waals surface area contributed by atoms with Crippen molar-refractivity contribution >= 4 is 5.91 Å². The van der Waals surface area contributed by atoms with E-state index in [1.165, 1.54) is 24.3 Å². The molecule has 0 atom stereocenters. The van der Waals surface area contributed by atoms with Crippen LogP contribution in [0, 0.1) is 5.82 Å². The van der Waals surface area contributed by atoms with E-state index >= 15 is 0 Å². The third-order valence-corrected chi connectivity index (χ3v) is 3.18. The first-order chi connectivity index (χ1) is 9.70. The Kier molecular flexibility index (Phi) is 4.82. The fourth-order valence-corrected chi connectivity index (χ4v) is 1.99. The zero-order chi connectivity index (χ0) is 14.4. The molecule has 0 bridgehead atoms. The van der Waals surface area contributed by atoms with Crippen LogP contribution in [-0.4, -0.2) is 28.9 Å². The van der Waals surface area contributed by atoms with E-state index in [0.29, 0.717) is 18.7 Å². The van der Waals surface area contributed by atoms with Crippen molar-refractivity contribution in [1.29, 1.82) is 0 Å². The van der Waals surface area contributed by atoms with Gasteiger partial charge in [-0.1, -0.05) is 0 Å². The monoisotopic (exact) mass is 272 g/mol. The Morgan fingerprint density at radius 1 is 1.15 bits per heavy atom. The highest BCUT2D eigenvalue weighted by Crippen LogP contribution is 2.08. The molecule has 2 rings (SSSR count). The number of benzene rings is 1. The standard InChI is InChI=1S/C16H17FN2O/c1-2-19(12-9-13-7-10-18-11-8-13)16(20)14-3-5-15(17)6-4-14/h3-8,10-11H,2,9,12H2,1H3. The summed E-state index contributed by atoms with van der Waals surface area (Å²) >= 11 is 0. The summed E-state index contributed by atoms with van der Waals surface area (Å²) in [5.41, 5.74) is 1.66. The summed E-state index contributed by atoms with van der Waals surface area (Å²) in [5.74, 6) is -0.400. The van der Waals surface area contributed by atoms with E-state index in [1.807, 2.05) is 19.1 Å². The molecule has 3 nitrogen and oxygen atoms in total. The Hall–Kier alpha value is -2.23. The molecule has 104 valence electrons. The molecule has 0 spiro atoms. The maximum absolute atomic E-state index is 12.9. The number of aromatic nitrogens is 1. The zero-order valence-corrected chi connectivity index (χ0v) is 11.4. The smallest absolute Gasteiger partial charge is 0.253 e. The molecule has 1 heterocycles. The van der Waals surface area contributed by atoms with Gasteiger partial charge in [0.2, 0.25) is 0 Å². The largest absolute Gasteiger partial charge is 0.339 e. The van der Waals surface area contributed by atoms with Gasteiger partial charge in [-0.3, -0.25) is 9.78 Å². The second-order valence-electron chi connectivity index (χ2n) is 4.50. The van der Waals surface area contributed by atoms with Gasteiger partial charge < -0.3 is 4.90 Å². The highest BCUT2D eigenvalue weighted by molar-refractivity contribution is 5.94. The van der Waals surface area contributed by atoms with Crippen LogP contribution in [0.3, 0.4) is 0 Å². The van der Waals surface area contributed by atoms with Crippen molar-refractivity contribution in [2.24, 2.45) is 0 Å². The number of pyridine rings is 1. The lowest BCUT2D eigenvalue weighted by Crippen LogP contribution is -2.32. The van der Waals surface area contributed by atoms with Crippen molar-refractivity contribution in [3.63, 3.8) is 0 Å². The molecule has 1 amide bonds. The number of nitrogens with zero attached hydrogens (tertiary/aromatic N) is 2. The minimum Gasteiger partial charge on any atom is -0.339 e. The Morgan fingerprint density at radius 2 is 1.80 bits per heavy atom. The first kappa shape index (κ1) is 14.2. The lowest BCUT2D eigenvalue weighted by atomic mass is 10.1. The first-order valence-electron chi connectivity index (χ1n) is 6.64. The highest BCUT2D eigenvalue weighted by atomic mass is 19.1. The van der Waals surface area contributed by atoms with Gasteiger partial charge in [-0.2, -0.15) is 0 Å².